The van der Waals surface area contributed by atoms with Gasteiger partial charge in [-0.1, -0.05) is 53.8 Å². The molecule has 0 saturated carbocycles. The van der Waals surface area contributed by atoms with E-state index >= 15 is 0 Å². The number of carboxylic acids is 1. The maximum atomic E-state index is 12.6. The van der Waals surface area contributed by atoms with Gasteiger partial charge in [0.1, 0.15) is 0 Å². The summed E-state index contributed by atoms with van der Waals surface area (Å²) < 4.78 is 0.405. The molecule has 2 aromatic carbocycles. The molecule has 7 heteroatoms. The van der Waals surface area contributed by atoms with Crippen molar-refractivity contribution in [2.75, 3.05) is 4.90 Å². The lowest BCUT2D eigenvalue weighted by atomic mass is 10.1. The normalized spacial score (nSPS) is 16.0. The summed E-state index contributed by atoms with van der Waals surface area (Å²) in [5.41, 5.74) is 1.39. The number of thioether (sulfide) groups is 1. The van der Waals surface area contributed by atoms with Gasteiger partial charge in [-0.25, -0.2) is 4.79 Å². The second-order valence-corrected chi connectivity index (χ2v) is 7.04. The molecule has 4 nitrogen and oxygen atoms in total. The fraction of sp³-hybridized carbons (Fsp3) is 0. The molecule has 0 spiro atoms. The standard InChI is InChI=1S/C17H10ClNO3S2/c18-12-5-2-6-13(9-12)19-15(20)14(24-17(19)23)8-10-3-1-4-11(7-10)16(21)22/h1-9H,(H,21,22)/b14-8-. The van der Waals surface area contributed by atoms with E-state index in [9.17, 15) is 9.59 Å². The van der Waals surface area contributed by atoms with Crippen LogP contribution >= 0.6 is 35.6 Å². The highest BCUT2D eigenvalue weighted by Crippen LogP contribution is 2.36. The average molecular weight is 376 g/mol. The van der Waals surface area contributed by atoms with Gasteiger partial charge in [0, 0.05) is 5.02 Å². The first-order chi connectivity index (χ1) is 11.5. The third kappa shape index (κ3) is 3.36. The number of thiocarbonyl (C=S) groups is 1. The van der Waals surface area contributed by atoms with Crippen molar-refractivity contribution < 1.29 is 14.7 Å². The largest absolute Gasteiger partial charge is 0.478 e. The summed E-state index contributed by atoms with van der Waals surface area (Å²) in [5.74, 6) is -1.27. The summed E-state index contributed by atoms with van der Waals surface area (Å²) >= 11 is 12.4. The molecule has 1 aliphatic rings. The molecule has 1 heterocycles. The van der Waals surface area contributed by atoms with Crippen LogP contribution in [0.3, 0.4) is 0 Å². The molecule has 1 saturated heterocycles. The first-order valence-corrected chi connectivity index (χ1v) is 8.43. The molecular weight excluding hydrogens is 366 g/mol. The molecule has 0 radical (unpaired) electrons. The van der Waals surface area contributed by atoms with Crippen LogP contribution in [0.1, 0.15) is 15.9 Å². The van der Waals surface area contributed by atoms with E-state index < -0.39 is 5.97 Å². The number of rotatable bonds is 3. The Balaban J connectivity index is 1.94. The number of amides is 1. The number of halogens is 1. The maximum absolute atomic E-state index is 12.6. The van der Waals surface area contributed by atoms with E-state index in [0.29, 0.717) is 25.5 Å². The Morgan fingerprint density at radius 1 is 1.21 bits per heavy atom. The van der Waals surface area contributed by atoms with Crippen molar-refractivity contribution in [3.63, 3.8) is 0 Å². The molecule has 0 bridgehead atoms. The number of hydrogen-bond acceptors (Lipinski definition) is 4. The predicted molar refractivity (Wildman–Crippen MR) is 101 cm³/mol. The van der Waals surface area contributed by atoms with Crippen LogP contribution in [0.15, 0.2) is 53.4 Å². The van der Waals surface area contributed by atoms with Crippen LogP contribution in [0.2, 0.25) is 5.02 Å². The Morgan fingerprint density at radius 3 is 2.67 bits per heavy atom. The van der Waals surface area contributed by atoms with Gasteiger partial charge in [-0.15, -0.1) is 0 Å². The zero-order valence-corrected chi connectivity index (χ0v) is 14.5. The topological polar surface area (TPSA) is 57.6 Å². The Morgan fingerprint density at radius 2 is 1.96 bits per heavy atom. The van der Waals surface area contributed by atoms with E-state index in [1.54, 1.807) is 42.5 Å². The first-order valence-electron chi connectivity index (χ1n) is 6.82. The summed E-state index contributed by atoms with van der Waals surface area (Å²) in [6.45, 7) is 0. The fourth-order valence-electron chi connectivity index (χ4n) is 2.22. The Hall–Kier alpha value is -2.15. The number of nitrogens with zero attached hydrogens (tertiary/aromatic N) is 1. The van der Waals surface area contributed by atoms with Crippen molar-refractivity contribution in [1.29, 1.82) is 0 Å². The molecule has 3 rings (SSSR count). The molecule has 0 atom stereocenters. The molecule has 24 heavy (non-hydrogen) atoms. The minimum Gasteiger partial charge on any atom is -0.478 e. The van der Waals surface area contributed by atoms with Crippen molar-refractivity contribution in [1.82, 2.24) is 0 Å². The summed E-state index contributed by atoms with van der Waals surface area (Å²) in [4.78, 5) is 25.5. The van der Waals surface area contributed by atoms with Gasteiger partial charge in [0.05, 0.1) is 16.2 Å². The maximum Gasteiger partial charge on any atom is 0.335 e. The molecule has 1 aliphatic heterocycles. The van der Waals surface area contributed by atoms with Crippen molar-refractivity contribution in [3.05, 3.63) is 69.6 Å². The van der Waals surface area contributed by atoms with E-state index in [1.807, 2.05) is 0 Å². The van der Waals surface area contributed by atoms with Gasteiger partial charge in [0.25, 0.3) is 5.91 Å². The number of benzene rings is 2. The molecule has 0 aliphatic carbocycles. The summed E-state index contributed by atoms with van der Waals surface area (Å²) in [7, 11) is 0. The Labute approximate surface area is 152 Å². The molecular formula is C17H10ClNO3S2. The minimum absolute atomic E-state index is 0.161. The Kier molecular flexibility index (Phi) is 4.71. The van der Waals surface area contributed by atoms with Crippen LogP contribution in [-0.4, -0.2) is 21.3 Å². The SMILES string of the molecule is O=C(O)c1cccc(/C=C2\SC(=S)N(c3cccc(Cl)c3)C2=O)c1. The zero-order chi connectivity index (χ0) is 17.3. The third-order valence-electron chi connectivity index (χ3n) is 3.29. The number of carboxylic acid groups (broad SMARTS) is 1. The highest BCUT2D eigenvalue weighted by atomic mass is 35.5. The van der Waals surface area contributed by atoms with Crippen molar-refractivity contribution in [2.24, 2.45) is 0 Å². The lowest BCUT2D eigenvalue weighted by Crippen LogP contribution is -2.27. The fourth-order valence-corrected chi connectivity index (χ4v) is 3.70. The van der Waals surface area contributed by atoms with Gasteiger partial charge in [0.15, 0.2) is 4.32 Å². The van der Waals surface area contributed by atoms with Crippen LogP contribution in [0.5, 0.6) is 0 Å². The van der Waals surface area contributed by atoms with Crippen LogP contribution < -0.4 is 4.90 Å². The van der Waals surface area contributed by atoms with Gasteiger partial charge in [-0.05, 0) is 42.0 Å². The van der Waals surface area contributed by atoms with Gasteiger partial charge in [-0.2, -0.15) is 0 Å². The molecule has 0 unspecified atom stereocenters. The quantitative estimate of drug-likeness (QED) is 0.634. The van der Waals surface area contributed by atoms with E-state index in [-0.39, 0.29) is 11.5 Å². The number of aromatic carboxylic acids is 1. The van der Waals surface area contributed by atoms with Crippen LogP contribution in [0, 0.1) is 0 Å². The molecule has 2 aromatic rings. The highest BCUT2D eigenvalue weighted by molar-refractivity contribution is 8.27. The van der Waals surface area contributed by atoms with Gasteiger partial charge < -0.3 is 5.11 Å². The number of carbonyl (C=O) groups is 2. The average Bonchev–Trinajstić information content (AvgIpc) is 2.81. The minimum atomic E-state index is -1.02. The lowest BCUT2D eigenvalue weighted by Gasteiger charge is -2.14. The first kappa shape index (κ1) is 16.7. The van der Waals surface area contributed by atoms with Crippen LogP contribution in [0.25, 0.3) is 6.08 Å². The van der Waals surface area contributed by atoms with Gasteiger partial charge in [0.2, 0.25) is 0 Å². The Bertz CT molecular complexity index is 895. The summed E-state index contributed by atoms with van der Waals surface area (Å²) in [6.07, 6.45) is 1.64. The van der Waals surface area contributed by atoms with Crippen molar-refractivity contribution in [2.45, 2.75) is 0 Å². The number of hydrogen-bond donors (Lipinski definition) is 1. The van der Waals surface area contributed by atoms with Gasteiger partial charge >= 0.3 is 5.97 Å². The van der Waals surface area contributed by atoms with E-state index in [2.05, 4.69) is 0 Å². The van der Waals surface area contributed by atoms with E-state index in [4.69, 9.17) is 28.9 Å². The summed E-state index contributed by atoms with van der Waals surface area (Å²) in [6, 6.07) is 13.3. The predicted octanol–water partition coefficient (Wildman–Crippen LogP) is 4.44. The van der Waals surface area contributed by atoms with Crippen LogP contribution in [0.4, 0.5) is 5.69 Å². The molecule has 1 N–H and O–H groups in total. The summed E-state index contributed by atoms with van der Waals surface area (Å²) in [5, 5.41) is 9.56. The van der Waals surface area contributed by atoms with E-state index in [1.165, 1.54) is 28.8 Å². The number of carbonyl (C=O) groups excluding carboxylic acids is 1. The molecule has 1 fully saturated rings. The third-order valence-corrected chi connectivity index (χ3v) is 4.83. The second kappa shape index (κ2) is 6.76. The van der Waals surface area contributed by atoms with E-state index in [0.717, 1.165) is 0 Å². The van der Waals surface area contributed by atoms with Crippen molar-refractivity contribution >= 4 is 63.5 Å². The smallest absolute Gasteiger partial charge is 0.335 e. The van der Waals surface area contributed by atoms with Crippen LogP contribution in [-0.2, 0) is 4.79 Å². The lowest BCUT2D eigenvalue weighted by molar-refractivity contribution is -0.113. The van der Waals surface area contributed by atoms with Gasteiger partial charge in [-0.3, -0.25) is 9.69 Å². The van der Waals surface area contributed by atoms with Crippen molar-refractivity contribution in [3.8, 4) is 0 Å². The number of anilines is 1. The second-order valence-electron chi connectivity index (χ2n) is 4.93. The molecule has 0 aromatic heterocycles. The molecule has 1 amide bonds. The molecule has 120 valence electrons. The zero-order valence-electron chi connectivity index (χ0n) is 12.1. The monoisotopic (exact) mass is 375 g/mol. The highest BCUT2D eigenvalue weighted by Gasteiger charge is 2.33.